The molecule has 0 amide bonds. The molecule has 4 aliphatic carbocycles. The summed E-state index contributed by atoms with van der Waals surface area (Å²) >= 11 is 0. The molecule has 0 aromatic carbocycles. The van der Waals surface area contributed by atoms with E-state index in [2.05, 4.69) is 71.7 Å². The highest BCUT2D eigenvalue weighted by Crippen LogP contribution is 2.66. The van der Waals surface area contributed by atoms with Crippen LogP contribution in [0.5, 0.6) is 0 Å². The predicted octanol–water partition coefficient (Wildman–Crippen LogP) is 9.64. The summed E-state index contributed by atoms with van der Waals surface area (Å²) in [6, 6.07) is 0. The van der Waals surface area contributed by atoms with E-state index in [4.69, 9.17) is 0 Å². The van der Waals surface area contributed by atoms with Gasteiger partial charge in [0.1, 0.15) is 0 Å². The molecule has 172 valence electrons. The molecule has 2 saturated carbocycles. The van der Waals surface area contributed by atoms with Crippen LogP contribution in [0.25, 0.3) is 0 Å². The van der Waals surface area contributed by atoms with E-state index in [9.17, 15) is 0 Å². The minimum atomic E-state index is 0.147. The fourth-order valence-corrected chi connectivity index (χ4v) is 7.06. The molecule has 0 saturated heterocycles. The zero-order valence-electron chi connectivity index (χ0n) is 21.8. The van der Waals surface area contributed by atoms with E-state index in [0.717, 1.165) is 24.2 Å². The van der Waals surface area contributed by atoms with Gasteiger partial charge in [-0.25, -0.2) is 0 Å². The molecule has 0 bridgehead atoms. The van der Waals surface area contributed by atoms with Crippen LogP contribution in [0.1, 0.15) is 87.5 Å². The van der Waals surface area contributed by atoms with Crippen molar-refractivity contribution in [2.24, 2.45) is 34.5 Å². The Labute approximate surface area is 194 Å². The van der Waals surface area contributed by atoms with Crippen molar-refractivity contribution in [2.45, 2.75) is 87.5 Å². The second-order valence-corrected chi connectivity index (χ2v) is 10.8. The zero-order chi connectivity index (χ0) is 23.6. The van der Waals surface area contributed by atoms with E-state index in [-0.39, 0.29) is 5.41 Å². The van der Waals surface area contributed by atoms with Gasteiger partial charge in [0, 0.05) is 5.41 Å². The van der Waals surface area contributed by atoms with Crippen LogP contribution >= 0.6 is 0 Å². The molecule has 0 heterocycles. The molecular formula is C31H48. The van der Waals surface area contributed by atoms with E-state index in [1.54, 1.807) is 11.1 Å². The van der Waals surface area contributed by atoms with Crippen molar-refractivity contribution in [1.82, 2.24) is 0 Å². The lowest BCUT2D eigenvalue weighted by Crippen LogP contribution is -2.43. The largest absolute Gasteiger partial charge is 0.100 e. The maximum Gasteiger partial charge on any atom is 0.0281 e. The van der Waals surface area contributed by atoms with Crippen molar-refractivity contribution in [3.8, 4) is 0 Å². The van der Waals surface area contributed by atoms with Crippen LogP contribution in [-0.4, -0.2) is 0 Å². The van der Waals surface area contributed by atoms with Gasteiger partial charge in [-0.3, -0.25) is 0 Å². The SMILES string of the molecule is C=C(C)C.C=C1C=CC2(C)C(=C1)CCC1C2=CCC2(C)C1C[C@@H](C)C2C(=C)CC.CC. The monoisotopic (exact) mass is 420 g/mol. The molecule has 5 unspecified atom stereocenters. The number of hydrogen-bond donors (Lipinski definition) is 0. The standard InChI is InChI=1S/C25H34.C4H8.C2H6/c1-7-17(3)23-18(4)15-22-20-9-8-19-14-16(2)10-12-24(19,5)21(20)11-13-25(22,23)6;1-4(2)3;1-2/h10-12,14,18,20,22-23H,2-3,7-9,13,15H2,1,4-6H3;1H2,2-3H3;1-2H3/t18-,20?,22?,23?,24?,25?;;/m1../s1. The molecule has 0 spiro atoms. The molecule has 0 nitrogen and oxygen atoms in total. The average molecular weight is 421 g/mol. The lowest BCUT2D eigenvalue weighted by atomic mass is 9.52. The van der Waals surface area contributed by atoms with Crippen molar-refractivity contribution in [3.05, 3.63) is 71.9 Å². The van der Waals surface area contributed by atoms with E-state index < -0.39 is 0 Å². The molecule has 0 N–H and O–H groups in total. The highest BCUT2D eigenvalue weighted by Gasteiger charge is 2.57. The molecule has 6 atom stereocenters. The van der Waals surface area contributed by atoms with Gasteiger partial charge in [-0.2, -0.15) is 0 Å². The molecule has 31 heavy (non-hydrogen) atoms. The molecule has 0 aliphatic heterocycles. The highest BCUT2D eigenvalue weighted by atomic mass is 14.6. The first kappa shape index (κ1) is 25.7. The third kappa shape index (κ3) is 4.64. The Bertz CT molecular complexity index is 796. The van der Waals surface area contributed by atoms with Gasteiger partial charge in [0.15, 0.2) is 0 Å². The summed E-state index contributed by atoms with van der Waals surface area (Å²) in [7, 11) is 0. The number of fused-ring (bicyclic) bond motifs is 5. The quantitative estimate of drug-likeness (QED) is 0.390. The zero-order valence-corrected chi connectivity index (χ0v) is 21.8. The maximum atomic E-state index is 4.48. The van der Waals surface area contributed by atoms with Crippen LogP contribution in [0.2, 0.25) is 0 Å². The van der Waals surface area contributed by atoms with Crippen molar-refractivity contribution in [1.29, 1.82) is 0 Å². The first-order chi connectivity index (χ1) is 14.5. The third-order valence-electron chi connectivity index (χ3n) is 8.28. The molecule has 4 rings (SSSR count). The van der Waals surface area contributed by atoms with Crippen LogP contribution in [0.4, 0.5) is 0 Å². The van der Waals surface area contributed by atoms with E-state index in [0.29, 0.717) is 11.3 Å². The van der Waals surface area contributed by atoms with Crippen molar-refractivity contribution < 1.29 is 0 Å². The minimum absolute atomic E-state index is 0.147. The fraction of sp³-hybridized carbons (Fsp3) is 0.613. The molecule has 0 aromatic rings. The molecule has 0 heteroatoms. The Balaban J connectivity index is 0.000000513. The van der Waals surface area contributed by atoms with Crippen LogP contribution in [-0.2, 0) is 0 Å². The Hall–Kier alpha value is -1.56. The van der Waals surface area contributed by atoms with Crippen LogP contribution < -0.4 is 0 Å². The Morgan fingerprint density at radius 2 is 1.77 bits per heavy atom. The normalized spacial score (nSPS) is 37.5. The van der Waals surface area contributed by atoms with Crippen molar-refractivity contribution in [2.75, 3.05) is 0 Å². The second kappa shape index (κ2) is 9.93. The minimum Gasteiger partial charge on any atom is -0.100 e. The highest BCUT2D eigenvalue weighted by molar-refractivity contribution is 5.50. The topological polar surface area (TPSA) is 0 Å². The van der Waals surface area contributed by atoms with Crippen LogP contribution in [0.3, 0.4) is 0 Å². The lowest BCUT2D eigenvalue weighted by molar-refractivity contribution is 0.102. The van der Waals surface area contributed by atoms with Crippen molar-refractivity contribution in [3.63, 3.8) is 0 Å². The van der Waals surface area contributed by atoms with Crippen LogP contribution in [0.15, 0.2) is 71.9 Å². The Morgan fingerprint density at radius 3 is 2.35 bits per heavy atom. The van der Waals surface area contributed by atoms with Gasteiger partial charge in [0.2, 0.25) is 0 Å². The summed E-state index contributed by atoms with van der Waals surface area (Å²) in [4.78, 5) is 0. The van der Waals surface area contributed by atoms with Gasteiger partial charge < -0.3 is 0 Å². The smallest absolute Gasteiger partial charge is 0.0281 e. The molecule has 4 aliphatic rings. The summed E-state index contributed by atoms with van der Waals surface area (Å²) in [5.41, 5.74) is 7.69. The Kier molecular flexibility index (Phi) is 8.23. The van der Waals surface area contributed by atoms with Gasteiger partial charge in [0.05, 0.1) is 0 Å². The fourth-order valence-electron chi connectivity index (χ4n) is 7.06. The van der Waals surface area contributed by atoms with Gasteiger partial charge in [0.25, 0.3) is 0 Å². The number of allylic oxidation sites excluding steroid dienone is 9. The maximum absolute atomic E-state index is 4.48. The van der Waals surface area contributed by atoms with E-state index in [1.807, 2.05) is 27.7 Å². The van der Waals surface area contributed by atoms with Crippen molar-refractivity contribution >= 4 is 0 Å². The van der Waals surface area contributed by atoms with Crippen LogP contribution in [0, 0.1) is 34.5 Å². The predicted molar refractivity (Wildman–Crippen MR) is 140 cm³/mol. The second-order valence-electron chi connectivity index (χ2n) is 10.8. The van der Waals surface area contributed by atoms with Gasteiger partial charge in [-0.1, -0.05) is 94.4 Å². The number of hydrogen-bond acceptors (Lipinski definition) is 0. The van der Waals surface area contributed by atoms with Gasteiger partial charge in [-0.15, -0.1) is 6.58 Å². The number of rotatable bonds is 2. The molecular weight excluding hydrogens is 372 g/mol. The third-order valence-corrected chi connectivity index (χ3v) is 8.28. The summed E-state index contributed by atoms with van der Waals surface area (Å²) < 4.78 is 0. The van der Waals surface area contributed by atoms with E-state index in [1.165, 1.54) is 42.4 Å². The summed E-state index contributed by atoms with van der Waals surface area (Å²) in [5.74, 6) is 3.06. The van der Waals surface area contributed by atoms with E-state index >= 15 is 0 Å². The molecule has 0 radical (unpaired) electrons. The first-order valence-electron chi connectivity index (χ1n) is 12.6. The summed E-state index contributed by atoms with van der Waals surface area (Å²) in [6.45, 7) is 29.9. The molecule has 2 fully saturated rings. The lowest BCUT2D eigenvalue weighted by Gasteiger charge is -2.52. The van der Waals surface area contributed by atoms with Gasteiger partial charge >= 0.3 is 0 Å². The molecule has 0 aromatic heterocycles. The summed E-state index contributed by atoms with van der Waals surface area (Å²) in [5, 5.41) is 0. The van der Waals surface area contributed by atoms with Gasteiger partial charge in [-0.05, 0) is 87.5 Å². The first-order valence-corrected chi connectivity index (χ1v) is 12.6. The average Bonchev–Trinajstić information content (AvgIpc) is 2.99. The Morgan fingerprint density at radius 1 is 1.16 bits per heavy atom. The summed E-state index contributed by atoms with van der Waals surface area (Å²) in [6.07, 6.45) is 16.0.